The maximum atomic E-state index is 13.2. The van der Waals surface area contributed by atoms with Crippen LogP contribution >= 0.6 is 22.9 Å². The highest BCUT2D eigenvalue weighted by Crippen LogP contribution is 2.40. The first-order valence-corrected chi connectivity index (χ1v) is 10.1. The molecule has 4 heterocycles. The summed E-state index contributed by atoms with van der Waals surface area (Å²) in [7, 11) is 0. The van der Waals surface area contributed by atoms with Crippen LogP contribution < -0.4 is 0 Å². The molecule has 0 aliphatic heterocycles. The van der Waals surface area contributed by atoms with Crippen molar-refractivity contribution in [2.24, 2.45) is 0 Å². The van der Waals surface area contributed by atoms with Crippen LogP contribution in [0.1, 0.15) is 23.1 Å². The van der Waals surface area contributed by atoms with E-state index < -0.39 is 11.8 Å². The van der Waals surface area contributed by atoms with Crippen molar-refractivity contribution in [2.75, 3.05) is 0 Å². The molecule has 0 amide bonds. The molecule has 1 unspecified atom stereocenters. The van der Waals surface area contributed by atoms with Crippen LogP contribution in [0.5, 0.6) is 0 Å². The van der Waals surface area contributed by atoms with Crippen molar-refractivity contribution in [3.8, 4) is 11.4 Å². The van der Waals surface area contributed by atoms with Gasteiger partial charge < -0.3 is 5.11 Å². The van der Waals surface area contributed by atoms with Gasteiger partial charge in [-0.2, -0.15) is 13.2 Å². The Bertz CT molecular complexity index is 1220. The van der Waals surface area contributed by atoms with Gasteiger partial charge >= 0.3 is 6.18 Å². The summed E-state index contributed by atoms with van der Waals surface area (Å²) in [5, 5.41) is 11.5. The number of hydrogen-bond donors (Lipinski definition) is 1. The SMILES string of the molecule is CC(O)(c1ccnc(-c2nccc3cc(Cc4ncccc4Cl)sc23)c1)C(F)(F)F. The standard InChI is InChI=1S/C21H15ClF3N3OS/c1-20(29,21(23,24)25)13-5-8-27-17(10-13)18-19-12(4-7-28-18)9-14(30-19)11-16-15(22)3-2-6-26-16/h2-10,29H,11H2,1H3. The van der Waals surface area contributed by atoms with Crippen LogP contribution in [0.3, 0.4) is 0 Å². The number of thiophene rings is 1. The van der Waals surface area contributed by atoms with Gasteiger partial charge in [0.2, 0.25) is 0 Å². The Morgan fingerprint density at radius 3 is 2.53 bits per heavy atom. The van der Waals surface area contributed by atoms with Crippen LogP contribution in [0.15, 0.2) is 55.0 Å². The van der Waals surface area contributed by atoms with Gasteiger partial charge in [-0.15, -0.1) is 11.3 Å². The summed E-state index contributed by atoms with van der Waals surface area (Å²) >= 11 is 7.66. The number of aliphatic hydroxyl groups is 1. The summed E-state index contributed by atoms with van der Waals surface area (Å²) in [6.45, 7) is 0.722. The van der Waals surface area contributed by atoms with E-state index in [0.717, 1.165) is 33.6 Å². The minimum absolute atomic E-state index is 0.256. The zero-order chi connectivity index (χ0) is 21.5. The Morgan fingerprint density at radius 1 is 1.03 bits per heavy atom. The quantitative estimate of drug-likeness (QED) is 0.430. The lowest BCUT2D eigenvalue weighted by Gasteiger charge is -2.26. The first kappa shape index (κ1) is 20.7. The molecule has 0 saturated carbocycles. The van der Waals surface area contributed by atoms with Gasteiger partial charge in [0.1, 0.15) is 5.69 Å². The van der Waals surface area contributed by atoms with Crippen molar-refractivity contribution in [3.05, 3.63) is 76.1 Å². The van der Waals surface area contributed by atoms with Crippen LogP contribution in [0.25, 0.3) is 21.5 Å². The maximum Gasteiger partial charge on any atom is 0.421 e. The fourth-order valence-corrected chi connectivity index (χ4v) is 4.37. The average Bonchev–Trinajstić information content (AvgIpc) is 3.11. The lowest BCUT2D eigenvalue weighted by Crippen LogP contribution is -2.39. The number of halogens is 4. The van der Waals surface area contributed by atoms with Gasteiger partial charge in [0, 0.05) is 29.9 Å². The van der Waals surface area contributed by atoms with E-state index in [9.17, 15) is 18.3 Å². The van der Waals surface area contributed by atoms with Crippen LogP contribution in [0.4, 0.5) is 13.2 Å². The van der Waals surface area contributed by atoms with Crippen LogP contribution in [0.2, 0.25) is 5.02 Å². The van der Waals surface area contributed by atoms with Crippen molar-refractivity contribution in [2.45, 2.75) is 25.1 Å². The van der Waals surface area contributed by atoms with Gasteiger partial charge in [-0.05, 0) is 54.3 Å². The molecule has 0 aliphatic carbocycles. The molecule has 154 valence electrons. The zero-order valence-corrected chi connectivity index (χ0v) is 17.2. The highest BCUT2D eigenvalue weighted by molar-refractivity contribution is 7.19. The Balaban J connectivity index is 1.76. The van der Waals surface area contributed by atoms with Gasteiger partial charge in [0.05, 0.1) is 21.1 Å². The van der Waals surface area contributed by atoms with Crippen LogP contribution in [0, 0.1) is 0 Å². The van der Waals surface area contributed by atoms with Crippen molar-refractivity contribution in [1.29, 1.82) is 0 Å². The van der Waals surface area contributed by atoms with E-state index in [1.807, 2.05) is 12.1 Å². The van der Waals surface area contributed by atoms with E-state index in [-0.39, 0.29) is 11.3 Å². The van der Waals surface area contributed by atoms with E-state index >= 15 is 0 Å². The van der Waals surface area contributed by atoms with Gasteiger partial charge in [0.15, 0.2) is 5.60 Å². The van der Waals surface area contributed by atoms with Gasteiger partial charge in [-0.3, -0.25) is 15.0 Å². The fourth-order valence-electron chi connectivity index (χ4n) is 3.03. The van der Waals surface area contributed by atoms with E-state index in [0.29, 0.717) is 17.1 Å². The molecule has 0 fully saturated rings. The summed E-state index contributed by atoms with van der Waals surface area (Å²) in [5.41, 5.74) is -1.84. The molecule has 4 aromatic heterocycles. The van der Waals surface area contributed by atoms with Gasteiger partial charge in [-0.25, -0.2) is 0 Å². The van der Waals surface area contributed by atoms with Crippen molar-refractivity contribution in [1.82, 2.24) is 15.0 Å². The predicted octanol–water partition coefficient (Wildman–Crippen LogP) is 5.77. The Labute approximate surface area is 179 Å². The highest BCUT2D eigenvalue weighted by Gasteiger charge is 2.51. The molecule has 30 heavy (non-hydrogen) atoms. The number of hydrogen-bond acceptors (Lipinski definition) is 5. The predicted molar refractivity (Wildman–Crippen MR) is 111 cm³/mol. The smallest absolute Gasteiger partial charge is 0.376 e. The number of rotatable bonds is 4. The van der Waals surface area contributed by atoms with Crippen molar-refractivity contribution < 1.29 is 18.3 Å². The van der Waals surface area contributed by atoms with Crippen molar-refractivity contribution in [3.63, 3.8) is 0 Å². The van der Waals surface area contributed by atoms with Gasteiger partial charge in [0.25, 0.3) is 0 Å². The Hall–Kier alpha value is -2.55. The normalized spacial score (nSPS) is 14.1. The maximum absolute atomic E-state index is 13.2. The summed E-state index contributed by atoms with van der Waals surface area (Å²) in [5.74, 6) is 0. The topological polar surface area (TPSA) is 58.9 Å². The Kier molecular flexibility index (Phi) is 5.25. The largest absolute Gasteiger partial charge is 0.421 e. The highest BCUT2D eigenvalue weighted by atomic mass is 35.5. The minimum Gasteiger partial charge on any atom is -0.376 e. The molecule has 0 bridgehead atoms. The summed E-state index contributed by atoms with van der Waals surface area (Å²) in [4.78, 5) is 13.8. The molecule has 0 radical (unpaired) electrons. The van der Waals surface area contributed by atoms with Crippen LogP contribution in [-0.2, 0) is 12.0 Å². The third-order valence-electron chi connectivity index (χ3n) is 4.78. The first-order chi connectivity index (χ1) is 14.2. The molecule has 0 saturated heterocycles. The molecule has 9 heteroatoms. The van der Waals surface area contributed by atoms with E-state index in [2.05, 4.69) is 15.0 Å². The fraction of sp³-hybridized carbons (Fsp3) is 0.190. The zero-order valence-electron chi connectivity index (χ0n) is 15.6. The average molecular weight is 450 g/mol. The van der Waals surface area contributed by atoms with E-state index in [1.165, 1.54) is 23.6 Å². The minimum atomic E-state index is -4.82. The number of nitrogens with zero attached hydrogens (tertiary/aromatic N) is 3. The number of fused-ring (bicyclic) bond motifs is 1. The van der Waals surface area contributed by atoms with Gasteiger partial charge in [-0.1, -0.05) is 11.6 Å². The third kappa shape index (κ3) is 3.78. The second kappa shape index (κ2) is 7.61. The van der Waals surface area contributed by atoms with E-state index in [1.54, 1.807) is 24.5 Å². The molecule has 4 nitrogen and oxygen atoms in total. The molecule has 0 aliphatic rings. The van der Waals surface area contributed by atoms with Crippen LogP contribution in [-0.4, -0.2) is 26.2 Å². The third-order valence-corrected chi connectivity index (χ3v) is 6.28. The molecule has 4 rings (SSSR count). The lowest BCUT2D eigenvalue weighted by atomic mass is 9.95. The Morgan fingerprint density at radius 2 is 1.80 bits per heavy atom. The monoisotopic (exact) mass is 449 g/mol. The lowest BCUT2D eigenvalue weighted by molar-refractivity contribution is -0.258. The van der Waals surface area contributed by atoms with E-state index in [4.69, 9.17) is 11.6 Å². The number of aromatic nitrogens is 3. The summed E-state index contributed by atoms with van der Waals surface area (Å²) in [6, 6.07) is 9.71. The molecular weight excluding hydrogens is 435 g/mol. The number of pyridine rings is 3. The summed E-state index contributed by atoms with van der Waals surface area (Å²) in [6.07, 6.45) is 0.201. The second-order valence-corrected chi connectivity index (χ2v) is 8.44. The first-order valence-electron chi connectivity index (χ1n) is 8.89. The molecule has 1 N–H and O–H groups in total. The van der Waals surface area contributed by atoms with Crippen molar-refractivity contribution >= 4 is 33.0 Å². The molecule has 4 aromatic rings. The number of alkyl halides is 3. The molecule has 0 aromatic carbocycles. The molecule has 1 atom stereocenters. The molecule has 0 spiro atoms. The summed E-state index contributed by atoms with van der Waals surface area (Å²) < 4.78 is 40.5. The second-order valence-electron chi connectivity index (χ2n) is 6.90. The molecular formula is C21H15ClF3N3OS.